The SMILES string of the molecule is C/C(O)=C/C(N)=N/S(=O)(=O)c1ccccc1. The van der Waals surface area contributed by atoms with E-state index in [1.807, 2.05) is 0 Å². The van der Waals surface area contributed by atoms with Gasteiger partial charge in [-0.05, 0) is 19.1 Å². The third-order valence-electron chi connectivity index (χ3n) is 1.62. The zero-order valence-electron chi connectivity index (χ0n) is 8.66. The van der Waals surface area contributed by atoms with Crippen LogP contribution in [0.4, 0.5) is 0 Å². The first-order chi connectivity index (χ1) is 7.42. The Hall–Kier alpha value is -1.82. The molecule has 0 bridgehead atoms. The summed E-state index contributed by atoms with van der Waals surface area (Å²) in [5, 5.41) is 8.90. The molecule has 0 aliphatic carbocycles. The van der Waals surface area contributed by atoms with Crippen LogP contribution in [0.15, 0.2) is 51.5 Å². The Morgan fingerprint density at radius 1 is 1.38 bits per heavy atom. The minimum atomic E-state index is -3.80. The van der Waals surface area contributed by atoms with Gasteiger partial charge in [-0.15, -0.1) is 4.40 Å². The maximum Gasteiger partial charge on any atom is 0.284 e. The number of sulfonamides is 1. The molecule has 0 saturated heterocycles. The standard InChI is InChI=1S/C10H12N2O3S/c1-8(13)7-10(11)12-16(14,15)9-5-3-2-4-6-9/h2-7,13H,1H3,(H2,11,12)/b8-7-. The maximum absolute atomic E-state index is 11.6. The smallest absolute Gasteiger partial charge is 0.284 e. The highest BCUT2D eigenvalue weighted by Crippen LogP contribution is 2.10. The van der Waals surface area contributed by atoms with Crippen LogP contribution in [0.3, 0.4) is 0 Å². The van der Waals surface area contributed by atoms with E-state index in [0.717, 1.165) is 6.08 Å². The van der Waals surface area contributed by atoms with Crippen molar-refractivity contribution in [3.05, 3.63) is 42.2 Å². The second-order valence-electron chi connectivity index (χ2n) is 3.09. The van der Waals surface area contributed by atoms with Gasteiger partial charge < -0.3 is 10.8 Å². The van der Waals surface area contributed by atoms with E-state index in [2.05, 4.69) is 4.40 Å². The van der Waals surface area contributed by atoms with Gasteiger partial charge in [-0.2, -0.15) is 8.42 Å². The van der Waals surface area contributed by atoms with Crippen molar-refractivity contribution >= 4 is 15.9 Å². The van der Waals surface area contributed by atoms with Crippen LogP contribution in [0.25, 0.3) is 0 Å². The molecular weight excluding hydrogens is 228 g/mol. The lowest BCUT2D eigenvalue weighted by Crippen LogP contribution is -2.12. The Kier molecular flexibility index (Phi) is 3.68. The van der Waals surface area contributed by atoms with Gasteiger partial charge in [0.05, 0.1) is 10.7 Å². The molecule has 86 valence electrons. The average molecular weight is 240 g/mol. The van der Waals surface area contributed by atoms with Gasteiger partial charge in [0.25, 0.3) is 10.0 Å². The Morgan fingerprint density at radius 3 is 2.44 bits per heavy atom. The third-order valence-corrected chi connectivity index (χ3v) is 2.94. The second kappa shape index (κ2) is 4.80. The zero-order valence-corrected chi connectivity index (χ0v) is 9.48. The summed E-state index contributed by atoms with van der Waals surface area (Å²) in [5.41, 5.74) is 5.33. The molecule has 0 aromatic heterocycles. The van der Waals surface area contributed by atoms with Crippen LogP contribution < -0.4 is 5.73 Å². The molecule has 0 aliphatic heterocycles. The highest BCUT2D eigenvalue weighted by molar-refractivity contribution is 7.90. The van der Waals surface area contributed by atoms with Crippen LogP contribution in [-0.2, 0) is 10.0 Å². The van der Waals surface area contributed by atoms with Crippen molar-refractivity contribution < 1.29 is 13.5 Å². The molecule has 16 heavy (non-hydrogen) atoms. The fraction of sp³-hybridized carbons (Fsp3) is 0.100. The molecule has 1 aromatic rings. The molecule has 0 radical (unpaired) electrons. The van der Waals surface area contributed by atoms with E-state index < -0.39 is 10.0 Å². The van der Waals surface area contributed by atoms with Crippen molar-refractivity contribution in [1.82, 2.24) is 0 Å². The molecule has 5 nitrogen and oxygen atoms in total. The van der Waals surface area contributed by atoms with E-state index >= 15 is 0 Å². The van der Waals surface area contributed by atoms with Crippen molar-refractivity contribution in [2.45, 2.75) is 11.8 Å². The first-order valence-corrected chi connectivity index (χ1v) is 5.88. The monoisotopic (exact) mass is 240 g/mol. The van der Waals surface area contributed by atoms with Crippen molar-refractivity contribution in [3.63, 3.8) is 0 Å². The van der Waals surface area contributed by atoms with Crippen molar-refractivity contribution in [2.75, 3.05) is 0 Å². The molecule has 0 atom stereocenters. The summed E-state index contributed by atoms with van der Waals surface area (Å²) >= 11 is 0. The number of benzene rings is 1. The van der Waals surface area contributed by atoms with Crippen LogP contribution in [0.5, 0.6) is 0 Å². The predicted octanol–water partition coefficient (Wildman–Crippen LogP) is 1.19. The largest absolute Gasteiger partial charge is 0.512 e. The summed E-state index contributed by atoms with van der Waals surface area (Å²) in [6, 6.07) is 7.71. The number of aliphatic hydroxyl groups excluding tert-OH is 1. The lowest BCUT2D eigenvalue weighted by Gasteiger charge is -1.98. The van der Waals surface area contributed by atoms with Crippen molar-refractivity contribution in [1.29, 1.82) is 0 Å². The lowest BCUT2D eigenvalue weighted by molar-refractivity contribution is 0.415. The molecular formula is C10H12N2O3S. The summed E-state index contributed by atoms with van der Waals surface area (Å²) in [4.78, 5) is 0.0574. The number of nitrogens with two attached hydrogens (primary N) is 1. The Balaban J connectivity index is 3.11. The van der Waals surface area contributed by atoms with Gasteiger partial charge in [-0.25, -0.2) is 0 Å². The lowest BCUT2D eigenvalue weighted by atomic mass is 10.4. The Labute approximate surface area is 94.0 Å². The first kappa shape index (κ1) is 12.3. The summed E-state index contributed by atoms with van der Waals surface area (Å²) in [5.74, 6) is -0.367. The molecule has 1 rings (SSSR count). The fourth-order valence-corrected chi connectivity index (χ4v) is 1.96. The topological polar surface area (TPSA) is 92.8 Å². The van der Waals surface area contributed by atoms with Gasteiger partial charge in [0, 0.05) is 6.08 Å². The van der Waals surface area contributed by atoms with E-state index in [0.29, 0.717) is 0 Å². The molecule has 0 unspecified atom stereocenters. The van der Waals surface area contributed by atoms with Gasteiger partial charge in [-0.3, -0.25) is 0 Å². The van der Waals surface area contributed by atoms with Crippen molar-refractivity contribution in [2.24, 2.45) is 10.1 Å². The highest BCUT2D eigenvalue weighted by atomic mass is 32.2. The zero-order chi connectivity index (χ0) is 12.2. The molecule has 0 saturated carbocycles. The van der Waals surface area contributed by atoms with E-state index in [-0.39, 0.29) is 16.5 Å². The highest BCUT2D eigenvalue weighted by Gasteiger charge is 2.11. The van der Waals surface area contributed by atoms with E-state index in [1.54, 1.807) is 18.2 Å². The van der Waals surface area contributed by atoms with Crippen LogP contribution in [0, 0.1) is 0 Å². The molecule has 3 N–H and O–H groups in total. The van der Waals surface area contributed by atoms with Gasteiger partial charge in [0.2, 0.25) is 0 Å². The van der Waals surface area contributed by atoms with Gasteiger partial charge >= 0.3 is 0 Å². The number of nitrogens with zero attached hydrogens (tertiary/aromatic N) is 1. The minimum absolute atomic E-state index is 0.0574. The quantitative estimate of drug-likeness (QED) is 0.471. The van der Waals surface area contributed by atoms with E-state index in [1.165, 1.54) is 19.1 Å². The van der Waals surface area contributed by atoms with E-state index in [9.17, 15) is 8.42 Å². The minimum Gasteiger partial charge on any atom is -0.512 e. The Bertz CT molecular complexity index is 514. The van der Waals surface area contributed by atoms with E-state index in [4.69, 9.17) is 10.8 Å². The molecule has 0 aliphatic rings. The Morgan fingerprint density at radius 2 is 1.94 bits per heavy atom. The second-order valence-corrected chi connectivity index (χ2v) is 4.69. The first-order valence-electron chi connectivity index (χ1n) is 4.44. The van der Waals surface area contributed by atoms with Crippen LogP contribution in [0.1, 0.15) is 6.92 Å². The van der Waals surface area contributed by atoms with Crippen LogP contribution in [-0.4, -0.2) is 19.4 Å². The summed E-state index contributed by atoms with van der Waals surface area (Å²) in [7, 11) is -3.80. The molecule has 0 fully saturated rings. The molecule has 1 aromatic carbocycles. The normalized spacial score (nSPS) is 13.8. The average Bonchev–Trinajstić information content (AvgIpc) is 2.16. The number of allylic oxidation sites excluding steroid dienone is 1. The molecule has 0 spiro atoms. The number of aliphatic hydroxyl groups is 1. The number of rotatable bonds is 3. The van der Waals surface area contributed by atoms with Crippen LogP contribution >= 0.6 is 0 Å². The summed E-state index contributed by atoms with van der Waals surface area (Å²) in [6.45, 7) is 1.37. The molecule has 0 heterocycles. The molecule has 6 heteroatoms. The van der Waals surface area contributed by atoms with Gasteiger partial charge in [0.1, 0.15) is 5.84 Å². The molecule has 0 amide bonds. The number of hydrogen-bond donors (Lipinski definition) is 2. The predicted molar refractivity (Wildman–Crippen MR) is 61.6 cm³/mol. The van der Waals surface area contributed by atoms with Gasteiger partial charge in [-0.1, -0.05) is 18.2 Å². The number of amidine groups is 1. The maximum atomic E-state index is 11.6. The fourth-order valence-electron chi connectivity index (χ4n) is 1.02. The van der Waals surface area contributed by atoms with Crippen LogP contribution in [0.2, 0.25) is 0 Å². The summed E-state index contributed by atoms with van der Waals surface area (Å²) in [6.07, 6.45) is 1.07. The number of hydrogen-bond acceptors (Lipinski definition) is 3. The summed E-state index contributed by atoms with van der Waals surface area (Å²) < 4.78 is 26.6. The van der Waals surface area contributed by atoms with Gasteiger partial charge in [0.15, 0.2) is 0 Å². The van der Waals surface area contributed by atoms with Crippen molar-refractivity contribution in [3.8, 4) is 0 Å². The third kappa shape index (κ3) is 3.39.